The molecule has 2 aromatic carbocycles. The first-order chi connectivity index (χ1) is 36.5. The van der Waals surface area contributed by atoms with Gasteiger partial charge < -0.3 is 39.8 Å². The number of nitrogens with zero attached hydrogens (tertiary/aromatic N) is 4. The number of likely N-dealkylation sites (tertiary alicyclic amines) is 2. The second-order valence-electron chi connectivity index (χ2n) is 22.2. The zero-order valence-electron chi connectivity index (χ0n) is 48.1. The Morgan fingerprint density at radius 1 is 0.805 bits per heavy atom. The van der Waals surface area contributed by atoms with E-state index in [9.17, 15) is 43.5 Å². The molecule has 0 bridgehead atoms. The molecule has 18 heteroatoms. The number of benzene rings is 2. The fraction of sp³-hybridized carbons (Fsp3) is 0.661. The number of ketones is 1. The molecule has 0 spiro atoms. The third kappa shape index (κ3) is 17.4. The maximum absolute atomic E-state index is 14.7. The van der Waals surface area contributed by atoms with Crippen molar-refractivity contribution in [3.05, 3.63) is 71.3 Å². The van der Waals surface area contributed by atoms with Gasteiger partial charge in [-0.25, -0.2) is 4.79 Å². The SMILES string of the molecule is CC[C@H](C)[C@@H]([C@@H](CC(=O)N1CCC[C@H]1[C@H](OC)[C@@H](C)C(=O)N[C@H](C)[C@@H](O)c1ccccc1)OC)N(C)C(=O)[C@@H](NC(=O)[C@H](C(C)C)N(C)C(=O)OCc1ccc(CC(=O)CCCCCN2C(=O)CC(C)C2=O)cc1)C(C)C. The van der Waals surface area contributed by atoms with Crippen LogP contribution in [0.2, 0.25) is 0 Å². The molecule has 7 amide bonds. The highest BCUT2D eigenvalue weighted by Crippen LogP contribution is 2.30. The summed E-state index contributed by atoms with van der Waals surface area (Å²) in [6.45, 7) is 17.3. The normalized spacial score (nSPS) is 19.2. The first-order valence-electron chi connectivity index (χ1n) is 27.8. The van der Waals surface area contributed by atoms with Crippen molar-refractivity contribution in [3.63, 3.8) is 0 Å². The van der Waals surface area contributed by atoms with Crippen LogP contribution in [-0.2, 0) is 60.8 Å². The number of aliphatic hydroxyl groups excluding tert-OH is 1. The molecule has 77 heavy (non-hydrogen) atoms. The maximum atomic E-state index is 14.7. The van der Waals surface area contributed by atoms with E-state index in [1.54, 1.807) is 75.7 Å². The summed E-state index contributed by atoms with van der Waals surface area (Å²) in [6.07, 6.45) is 1.85. The highest BCUT2D eigenvalue weighted by Gasteiger charge is 2.44. The minimum atomic E-state index is -0.999. The second kappa shape index (κ2) is 30.4. The number of Topliss-reactive ketones (excluding diaryl/α,β-unsaturated/α-hetero) is 1. The van der Waals surface area contributed by atoms with Gasteiger partial charge in [0, 0.05) is 66.6 Å². The number of unbranched alkanes of at least 4 members (excludes halogenated alkanes) is 2. The standard InChI is InChI=1S/C59H90N6O12/c1-14-38(6)52(47(75-12)34-49(68)64-31-21-25-46(64)54(76-13)40(8)55(70)60-41(9)53(69)44-22-17-15-18-23-44)62(10)58(73)50(36(2)3)61-56(71)51(37(4)5)63(11)59(74)77-35-43-28-26-42(27-29-43)33-45(66)24-19-16-20-30-65-48(67)32-39(7)57(65)72/h15,17-18,22-23,26-29,36-41,46-47,50-54,69H,14,16,19-21,24-25,30-35H2,1-13H3,(H,60,70)(H,61,71)/t38-,39?,40+,41+,46-,47+,50-,51-,52-,53+,54+/m0/s1. The van der Waals surface area contributed by atoms with Crippen molar-refractivity contribution in [2.75, 3.05) is 41.4 Å². The number of carbonyl (C=O) groups is 8. The Morgan fingerprint density at radius 2 is 1.45 bits per heavy atom. The number of likely N-dealkylation sites (N-methyl/N-ethyl adjacent to an activating group) is 2. The number of hydrogen-bond donors (Lipinski definition) is 3. The molecule has 2 heterocycles. The summed E-state index contributed by atoms with van der Waals surface area (Å²) >= 11 is 0. The van der Waals surface area contributed by atoms with E-state index in [0.717, 1.165) is 12.0 Å². The summed E-state index contributed by atoms with van der Waals surface area (Å²) in [5.41, 5.74) is 2.19. The van der Waals surface area contributed by atoms with Crippen molar-refractivity contribution in [1.29, 1.82) is 0 Å². The quantitative estimate of drug-likeness (QED) is 0.0553. The van der Waals surface area contributed by atoms with Crippen LogP contribution < -0.4 is 10.6 Å². The van der Waals surface area contributed by atoms with E-state index in [1.807, 2.05) is 58.0 Å². The van der Waals surface area contributed by atoms with Gasteiger partial charge in [-0.3, -0.25) is 43.4 Å². The van der Waals surface area contributed by atoms with Gasteiger partial charge in [-0.2, -0.15) is 0 Å². The number of methoxy groups -OCH3 is 2. The molecule has 0 aliphatic carbocycles. The molecule has 3 N–H and O–H groups in total. The molecule has 2 aliphatic rings. The average Bonchev–Trinajstić information content (AvgIpc) is 3.98. The second-order valence-corrected chi connectivity index (χ2v) is 22.2. The molecule has 2 aromatic rings. The van der Waals surface area contributed by atoms with Crippen LogP contribution in [0.4, 0.5) is 4.79 Å². The van der Waals surface area contributed by atoms with Crippen LogP contribution in [0, 0.1) is 29.6 Å². The van der Waals surface area contributed by atoms with Crippen molar-refractivity contribution in [2.24, 2.45) is 29.6 Å². The molecule has 0 saturated carbocycles. The number of aliphatic hydroxyl groups is 1. The largest absolute Gasteiger partial charge is 0.445 e. The predicted octanol–water partition coefficient (Wildman–Crippen LogP) is 6.65. The summed E-state index contributed by atoms with van der Waals surface area (Å²) < 4.78 is 17.7. The van der Waals surface area contributed by atoms with Crippen molar-refractivity contribution in [1.82, 2.24) is 30.2 Å². The van der Waals surface area contributed by atoms with Crippen LogP contribution >= 0.6 is 0 Å². The highest BCUT2D eigenvalue weighted by molar-refractivity contribution is 6.03. The van der Waals surface area contributed by atoms with Crippen LogP contribution in [0.15, 0.2) is 54.6 Å². The summed E-state index contributed by atoms with van der Waals surface area (Å²) in [5.74, 6) is -3.39. The van der Waals surface area contributed by atoms with E-state index >= 15 is 0 Å². The van der Waals surface area contributed by atoms with E-state index in [2.05, 4.69) is 10.6 Å². The Labute approximate surface area is 457 Å². The predicted molar refractivity (Wildman–Crippen MR) is 293 cm³/mol. The maximum Gasteiger partial charge on any atom is 0.410 e. The molecule has 2 aliphatic heterocycles. The number of rotatable bonds is 30. The van der Waals surface area contributed by atoms with E-state index in [0.29, 0.717) is 62.7 Å². The van der Waals surface area contributed by atoms with Gasteiger partial charge in [0.15, 0.2) is 0 Å². The monoisotopic (exact) mass is 1070 g/mol. The summed E-state index contributed by atoms with van der Waals surface area (Å²) in [5, 5.41) is 16.8. The van der Waals surface area contributed by atoms with Crippen LogP contribution in [0.5, 0.6) is 0 Å². The summed E-state index contributed by atoms with van der Waals surface area (Å²) in [4.78, 5) is 113. The zero-order valence-corrected chi connectivity index (χ0v) is 48.1. The van der Waals surface area contributed by atoms with Gasteiger partial charge in [0.25, 0.3) is 0 Å². The molecule has 1 unspecified atom stereocenters. The topological polar surface area (TPSA) is 221 Å². The van der Waals surface area contributed by atoms with Crippen LogP contribution in [0.25, 0.3) is 0 Å². The number of amides is 7. The lowest BCUT2D eigenvalue weighted by molar-refractivity contribution is -0.148. The molecule has 428 valence electrons. The molecule has 2 fully saturated rings. The summed E-state index contributed by atoms with van der Waals surface area (Å²) in [7, 11) is 6.20. The molecule has 0 aromatic heterocycles. The van der Waals surface area contributed by atoms with Gasteiger partial charge in [-0.05, 0) is 67.1 Å². The third-order valence-electron chi connectivity index (χ3n) is 15.7. The smallest absolute Gasteiger partial charge is 0.410 e. The molecule has 2 saturated heterocycles. The van der Waals surface area contributed by atoms with E-state index in [-0.39, 0.29) is 84.9 Å². The fourth-order valence-corrected chi connectivity index (χ4v) is 10.9. The number of ether oxygens (including phenoxy) is 3. The third-order valence-corrected chi connectivity index (χ3v) is 15.7. The number of hydrogen-bond acceptors (Lipinski definition) is 12. The minimum absolute atomic E-state index is 0.0567. The van der Waals surface area contributed by atoms with Crippen molar-refractivity contribution in [3.8, 4) is 0 Å². The lowest BCUT2D eigenvalue weighted by Crippen LogP contribution is -2.60. The van der Waals surface area contributed by atoms with E-state index < -0.39 is 66.4 Å². The number of carbonyl (C=O) groups excluding carboxylic acids is 8. The van der Waals surface area contributed by atoms with Crippen molar-refractivity contribution < 1.29 is 57.7 Å². The van der Waals surface area contributed by atoms with Crippen LogP contribution in [0.1, 0.15) is 143 Å². The Bertz CT molecular complexity index is 2280. The lowest BCUT2D eigenvalue weighted by atomic mass is 9.89. The van der Waals surface area contributed by atoms with Gasteiger partial charge in [-0.1, -0.05) is 123 Å². The first kappa shape index (κ1) is 63.8. The molecular weight excluding hydrogens is 985 g/mol. The molecule has 18 nitrogen and oxygen atoms in total. The number of imide groups is 1. The van der Waals surface area contributed by atoms with Gasteiger partial charge in [0.2, 0.25) is 35.4 Å². The fourth-order valence-electron chi connectivity index (χ4n) is 10.9. The molecule has 4 rings (SSSR count). The Morgan fingerprint density at radius 3 is 2.03 bits per heavy atom. The van der Waals surface area contributed by atoms with Crippen LogP contribution in [0.3, 0.4) is 0 Å². The van der Waals surface area contributed by atoms with Crippen molar-refractivity contribution >= 4 is 47.3 Å². The number of nitrogens with one attached hydrogen (secondary N) is 2. The van der Waals surface area contributed by atoms with Gasteiger partial charge >= 0.3 is 6.09 Å². The van der Waals surface area contributed by atoms with E-state index in [4.69, 9.17) is 14.2 Å². The molecular formula is C59H90N6O12. The first-order valence-corrected chi connectivity index (χ1v) is 27.8. The Hall–Kier alpha value is -5.72. The molecule has 0 radical (unpaired) electrons. The lowest BCUT2D eigenvalue weighted by Gasteiger charge is -2.41. The average molecular weight is 1080 g/mol. The van der Waals surface area contributed by atoms with Crippen molar-refractivity contribution in [2.45, 2.75) is 182 Å². The Balaban J connectivity index is 1.34. The van der Waals surface area contributed by atoms with Gasteiger partial charge in [-0.15, -0.1) is 0 Å². The Kier molecular flexibility index (Phi) is 25.2. The van der Waals surface area contributed by atoms with Crippen LogP contribution in [-0.4, -0.2) is 156 Å². The van der Waals surface area contributed by atoms with Gasteiger partial charge in [0.05, 0.1) is 48.8 Å². The summed E-state index contributed by atoms with van der Waals surface area (Å²) in [6, 6.07) is 12.7. The molecule has 11 atom stereocenters. The highest BCUT2D eigenvalue weighted by atomic mass is 16.6. The van der Waals surface area contributed by atoms with Gasteiger partial charge in [0.1, 0.15) is 24.5 Å². The van der Waals surface area contributed by atoms with E-state index in [1.165, 1.54) is 31.1 Å². The zero-order chi connectivity index (χ0) is 57.3. The minimum Gasteiger partial charge on any atom is -0.445 e.